The van der Waals surface area contributed by atoms with Crippen molar-refractivity contribution in [3.8, 4) is 0 Å². The van der Waals surface area contributed by atoms with Gasteiger partial charge in [-0.15, -0.1) is 6.58 Å². The summed E-state index contributed by atoms with van der Waals surface area (Å²) in [6, 6.07) is -0.800. The SMILES string of the molecule is C=CCOC(=O)[C@H]1[C@H]2C(=O)N(CCCCCCO)C(C(=O)N(CC=C)C(C)CCC)C23CC[C@]1(C)O3. The minimum absolute atomic E-state index is 0.0139. The molecule has 8 nitrogen and oxygen atoms in total. The number of esters is 1. The van der Waals surface area contributed by atoms with E-state index in [2.05, 4.69) is 20.1 Å². The lowest BCUT2D eigenvalue weighted by Crippen LogP contribution is -2.58. The van der Waals surface area contributed by atoms with Crippen molar-refractivity contribution < 1.29 is 29.0 Å². The summed E-state index contributed by atoms with van der Waals surface area (Å²) in [5.41, 5.74) is -1.89. The molecule has 3 aliphatic heterocycles. The smallest absolute Gasteiger partial charge is 0.313 e. The van der Waals surface area contributed by atoms with Gasteiger partial charge in [-0.25, -0.2) is 0 Å². The Kier molecular flexibility index (Phi) is 9.39. The number of aliphatic hydroxyl groups excluding tert-OH is 1. The molecule has 8 heteroatoms. The average molecular weight is 505 g/mol. The van der Waals surface area contributed by atoms with Gasteiger partial charge in [-0.3, -0.25) is 14.4 Å². The van der Waals surface area contributed by atoms with Crippen LogP contribution < -0.4 is 0 Å². The maximum absolute atomic E-state index is 14.3. The molecule has 0 radical (unpaired) electrons. The fraction of sp³-hybridized carbons (Fsp3) is 0.750. The predicted molar refractivity (Wildman–Crippen MR) is 137 cm³/mol. The van der Waals surface area contributed by atoms with Gasteiger partial charge in [-0.1, -0.05) is 44.9 Å². The van der Waals surface area contributed by atoms with E-state index in [4.69, 9.17) is 14.6 Å². The van der Waals surface area contributed by atoms with Crippen LogP contribution in [-0.2, 0) is 23.9 Å². The van der Waals surface area contributed by atoms with E-state index < -0.39 is 35.0 Å². The molecule has 36 heavy (non-hydrogen) atoms. The molecule has 202 valence electrons. The van der Waals surface area contributed by atoms with E-state index >= 15 is 0 Å². The number of hydrogen-bond donors (Lipinski definition) is 1. The first-order chi connectivity index (χ1) is 17.2. The lowest BCUT2D eigenvalue weighted by molar-refractivity contribution is -0.159. The van der Waals surface area contributed by atoms with Crippen molar-refractivity contribution in [3.63, 3.8) is 0 Å². The van der Waals surface area contributed by atoms with Crippen LogP contribution in [0.1, 0.15) is 72.1 Å². The Balaban J connectivity index is 1.98. The van der Waals surface area contributed by atoms with Gasteiger partial charge in [-0.2, -0.15) is 0 Å². The third-order valence-corrected chi connectivity index (χ3v) is 8.26. The van der Waals surface area contributed by atoms with Crippen LogP contribution in [0.15, 0.2) is 25.3 Å². The maximum Gasteiger partial charge on any atom is 0.313 e. The van der Waals surface area contributed by atoms with Gasteiger partial charge in [0.05, 0.1) is 11.5 Å². The van der Waals surface area contributed by atoms with E-state index in [0.29, 0.717) is 38.8 Å². The van der Waals surface area contributed by atoms with Crippen LogP contribution in [0.5, 0.6) is 0 Å². The topological polar surface area (TPSA) is 96.4 Å². The molecular weight excluding hydrogens is 460 g/mol. The van der Waals surface area contributed by atoms with E-state index in [1.54, 1.807) is 11.0 Å². The van der Waals surface area contributed by atoms with E-state index in [1.807, 2.05) is 18.7 Å². The molecule has 3 rings (SSSR count). The monoisotopic (exact) mass is 504 g/mol. The summed E-state index contributed by atoms with van der Waals surface area (Å²) in [7, 11) is 0. The van der Waals surface area contributed by atoms with Crippen molar-refractivity contribution in [2.75, 3.05) is 26.3 Å². The summed E-state index contributed by atoms with van der Waals surface area (Å²) in [5, 5.41) is 9.10. The largest absolute Gasteiger partial charge is 0.461 e. The first-order valence-electron chi connectivity index (χ1n) is 13.5. The minimum atomic E-state index is -1.04. The number of amides is 2. The van der Waals surface area contributed by atoms with Gasteiger partial charge in [-0.05, 0) is 46.0 Å². The van der Waals surface area contributed by atoms with Crippen LogP contribution in [0.4, 0.5) is 0 Å². The van der Waals surface area contributed by atoms with Crippen molar-refractivity contribution in [1.29, 1.82) is 0 Å². The number of rotatable bonds is 15. The molecule has 0 aromatic heterocycles. The highest BCUT2D eigenvalue weighted by Crippen LogP contribution is 2.63. The van der Waals surface area contributed by atoms with Gasteiger partial charge in [0.25, 0.3) is 0 Å². The summed E-state index contributed by atoms with van der Waals surface area (Å²) in [6.07, 6.45) is 9.26. The first kappa shape index (κ1) is 28.4. The Bertz CT molecular complexity index is 846. The van der Waals surface area contributed by atoms with Crippen LogP contribution >= 0.6 is 0 Å². The molecule has 3 aliphatic rings. The minimum Gasteiger partial charge on any atom is -0.461 e. The summed E-state index contributed by atoms with van der Waals surface area (Å²) < 4.78 is 12.1. The molecule has 0 aromatic rings. The van der Waals surface area contributed by atoms with Crippen LogP contribution in [0.3, 0.4) is 0 Å². The van der Waals surface area contributed by atoms with Crippen LogP contribution in [-0.4, -0.2) is 82.3 Å². The molecule has 3 heterocycles. The lowest BCUT2D eigenvalue weighted by Gasteiger charge is -2.39. The van der Waals surface area contributed by atoms with Crippen LogP contribution in [0, 0.1) is 11.8 Å². The Morgan fingerprint density at radius 2 is 1.97 bits per heavy atom. The van der Waals surface area contributed by atoms with Crippen LogP contribution in [0.2, 0.25) is 0 Å². The number of hydrogen-bond acceptors (Lipinski definition) is 6. The number of carbonyl (C=O) groups is 3. The molecular formula is C28H44N2O6. The van der Waals surface area contributed by atoms with Crippen molar-refractivity contribution in [2.24, 2.45) is 11.8 Å². The average Bonchev–Trinajstić information content (AvgIpc) is 3.41. The van der Waals surface area contributed by atoms with E-state index in [-0.39, 0.29) is 31.1 Å². The van der Waals surface area contributed by atoms with Gasteiger partial charge in [0.1, 0.15) is 24.2 Å². The second kappa shape index (κ2) is 11.9. The van der Waals surface area contributed by atoms with Crippen molar-refractivity contribution >= 4 is 17.8 Å². The zero-order chi connectivity index (χ0) is 26.5. The van der Waals surface area contributed by atoms with Gasteiger partial charge < -0.3 is 24.4 Å². The van der Waals surface area contributed by atoms with E-state index in [0.717, 1.165) is 25.7 Å². The van der Waals surface area contributed by atoms with E-state index in [1.165, 1.54) is 6.08 Å². The molecule has 0 aromatic carbocycles. The summed E-state index contributed by atoms with van der Waals surface area (Å²) in [4.78, 5) is 44.9. The molecule has 0 saturated carbocycles. The van der Waals surface area contributed by atoms with E-state index in [9.17, 15) is 14.4 Å². The molecule has 0 aliphatic carbocycles. The van der Waals surface area contributed by atoms with Crippen LogP contribution in [0.25, 0.3) is 0 Å². The Morgan fingerprint density at radius 3 is 2.61 bits per heavy atom. The second-order valence-corrected chi connectivity index (χ2v) is 10.7. The number of aliphatic hydroxyl groups is 1. The second-order valence-electron chi connectivity index (χ2n) is 10.7. The molecule has 6 atom stereocenters. The number of likely N-dealkylation sites (tertiary alicyclic amines) is 1. The fourth-order valence-electron chi connectivity index (χ4n) is 6.64. The fourth-order valence-corrected chi connectivity index (χ4v) is 6.64. The molecule has 1 N–H and O–H groups in total. The normalized spacial score (nSPS) is 31.3. The standard InChI is InChI=1S/C28H44N2O6/c1-6-13-20(4)29(16-7-2)25(33)23-28-15-14-27(5,36-28)22(26(34)35-19-8-3)21(28)24(32)30(23)17-11-9-10-12-18-31/h7-8,20-23,31H,2-3,6,9-19H2,1,4-5H3/t20?,21-,22+,23?,27-,28?/m0/s1. The molecule has 3 saturated heterocycles. The summed E-state index contributed by atoms with van der Waals surface area (Å²) >= 11 is 0. The third-order valence-electron chi connectivity index (χ3n) is 8.26. The zero-order valence-electron chi connectivity index (χ0n) is 22.2. The Hall–Kier alpha value is -2.19. The lowest BCUT2D eigenvalue weighted by atomic mass is 9.66. The Labute approximate surface area is 215 Å². The summed E-state index contributed by atoms with van der Waals surface area (Å²) in [6.45, 7) is 14.5. The van der Waals surface area contributed by atoms with Gasteiger partial charge >= 0.3 is 5.97 Å². The zero-order valence-corrected chi connectivity index (χ0v) is 22.2. The summed E-state index contributed by atoms with van der Waals surface area (Å²) in [5.74, 6) is -2.29. The maximum atomic E-state index is 14.3. The van der Waals surface area contributed by atoms with Crippen molar-refractivity contribution in [1.82, 2.24) is 9.80 Å². The number of fused-ring (bicyclic) bond motifs is 1. The number of carbonyl (C=O) groups excluding carboxylic acids is 3. The molecule has 2 bridgehead atoms. The molecule has 3 unspecified atom stereocenters. The number of nitrogens with zero attached hydrogens (tertiary/aromatic N) is 2. The highest BCUT2D eigenvalue weighted by molar-refractivity contribution is 5.98. The predicted octanol–water partition coefficient (Wildman–Crippen LogP) is 3.24. The van der Waals surface area contributed by atoms with Gasteiger partial charge in [0, 0.05) is 25.7 Å². The highest BCUT2D eigenvalue weighted by Gasteiger charge is 2.78. The third kappa shape index (κ3) is 4.99. The van der Waals surface area contributed by atoms with Gasteiger partial charge in [0.2, 0.25) is 11.8 Å². The van der Waals surface area contributed by atoms with Crippen molar-refractivity contribution in [3.05, 3.63) is 25.3 Å². The molecule has 1 spiro atoms. The first-order valence-corrected chi connectivity index (χ1v) is 13.5. The number of ether oxygens (including phenoxy) is 2. The number of unbranched alkanes of at least 4 members (excludes halogenated alkanes) is 3. The Morgan fingerprint density at radius 1 is 1.25 bits per heavy atom. The highest BCUT2D eigenvalue weighted by atomic mass is 16.6. The van der Waals surface area contributed by atoms with Crippen molar-refractivity contribution in [2.45, 2.75) is 95.4 Å². The molecule has 2 amide bonds. The van der Waals surface area contributed by atoms with Gasteiger partial charge in [0.15, 0.2) is 0 Å². The quantitative estimate of drug-likeness (QED) is 0.209. The molecule has 3 fully saturated rings.